The third-order valence-corrected chi connectivity index (χ3v) is 10.5. The van der Waals surface area contributed by atoms with Crippen LogP contribution in [0.15, 0.2) is 77.7 Å². The van der Waals surface area contributed by atoms with Crippen LogP contribution in [0.25, 0.3) is 10.8 Å². The zero-order valence-corrected chi connectivity index (χ0v) is 25.2. The van der Waals surface area contributed by atoms with Gasteiger partial charge in [0.25, 0.3) is 5.91 Å². The van der Waals surface area contributed by atoms with Gasteiger partial charge in [-0.05, 0) is 41.8 Å². The predicted octanol–water partition coefficient (Wildman–Crippen LogP) is 1.53. The molecule has 2 unspecified atom stereocenters. The van der Waals surface area contributed by atoms with E-state index in [2.05, 4.69) is 10.6 Å². The van der Waals surface area contributed by atoms with Gasteiger partial charge in [0.2, 0.25) is 28.1 Å². The summed E-state index contributed by atoms with van der Waals surface area (Å²) in [5, 5.41) is 17.2. The lowest BCUT2D eigenvalue weighted by molar-refractivity contribution is -0.156. The second-order valence-electron chi connectivity index (χ2n) is 11.6. The van der Waals surface area contributed by atoms with Crippen LogP contribution in [0.5, 0.6) is 0 Å². The van der Waals surface area contributed by atoms with E-state index in [4.69, 9.17) is 4.74 Å². The summed E-state index contributed by atoms with van der Waals surface area (Å²) in [6.07, 6.45) is 0.170. The Labute approximate surface area is 260 Å². The van der Waals surface area contributed by atoms with Gasteiger partial charge in [0, 0.05) is 24.7 Å². The number of carbonyl (C=O) groups is 4. The number of amides is 3. The zero-order valence-electron chi connectivity index (χ0n) is 24.4. The van der Waals surface area contributed by atoms with Crippen LogP contribution in [0.4, 0.5) is 0 Å². The first-order valence-electron chi connectivity index (χ1n) is 15.0. The Balaban J connectivity index is 1.31. The van der Waals surface area contributed by atoms with Crippen LogP contribution in [0.3, 0.4) is 0 Å². The Bertz CT molecular complexity index is 1730. The van der Waals surface area contributed by atoms with E-state index in [1.807, 2.05) is 30.3 Å². The molecule has 0 aromatic heterocycles. The number of aliphatic hydroxyl groups is 1. The first-order valence-corrected chi connectivity index (χ1v) is 16.4. The van der Waals surface area contributed by atoms with Gasteiger partial charge in [-0.1, -0.05) is 67.4 Å². The summed E-state index contributed by atoms with van der Waals surface area (Å²) in [4.78, 5) is 54.9. The lowest BCUT2D eigenvalue weighted by Gasteiger charge is -2.47. The lowest BCUT2D eigenvalue weighted by atomic mass is 9.94. The first-order chi connectivity index (χ1) is 21.6. The topological polar surface area (TPSA) is 162 Å². The third kappa shape index (κ3) is 6.15. The van der Waals surface area contributed by atoms with E-state index in [1.165, 1.54) is 21.3 Å². The fourth-order valence-electron chi connectivity index (χ4n) is 6.42. The van der Waals surface area contributed by atoms with E-state index in [9.17, 15) is 32.7 Å². The summed E-state index contributed by atoms with van der Waals surface area (Å²) >= 11 is 0. The van der Waals surface area contributed by atoms with Gasteiger partial charge >= 0.3 is 5.97 Å². The number of carbonyl (C=O) groups excluding carboxylic acids is 4. The predicted molar refractivity (Wildman–Crippen MR) is 162 cm³/mol. The van der Waals surface area contributed by atoms with Crippen molar-refractivity contribution in [2.24, 2.45) is 0 Å². The highest BCUT2D eigenvalue weighted by molar-refractivity contribution is 7.89. The highest BCUT2D eigenvalue weighted by Gasteiger charge is 2.48. The molecule has 5 atom stereocenters. The number of piperazine rings is 1. The number of rotatable bonds is 6. The molecule has 0 radical (unpaired) electrons. The molecule has 3 aliphatic heterocycles. The Morgan fingerprint density at radius 2 is 1.58 bits per heavy atom. The van der Waals surface area contributed by atoms with Crippen molar-refractivity contribution < 1.29 is 37.4 Å². The number of nitrogens with one attached hydrogen (secondary N) is 2. The molecule has 3 fully saturated rings. The summed E-state index contributed by atoms with van der Waals surface area (Å²) in [5.74, 6) is -2.35. The number of benzene rings is 3. The molecule has 0 saturated carbocycles. The fraction of sp³-hybridized carbons (Fsp3) is 0.375. The van der Waals surface area contributed by atoms with Crippen LogP contribution < -0.4 is 10.6 Å². The van der Waals surface area contributed by atoms with Crippen molar-refractivity contribution in [3.05, 3.63) is 78.4 Å². The van der Waals surface area contributed by atoms with Gasteiger partial charge < -0.3 is 25.4 Å². The van der Waals surface area contributed by atoms with E-state index in [-0.39, 0.29) is 24.4 Å². The molecule has 3 aliphatic rings. The van der Waals surface area contributed by atoms with E-state index in [1.54, 1.807) is 30.3 Å². The summed E-state index contributed by atoms with van der Waals surface area (Å²) in [6.45, 7) is -0.392. The molecule has 3 aromatic carbocycles. The minimum Gasteiger partial charge on any atom is -0.434 e. The molecule has 3 aromatic rings. The van der Waals surface area contributed by atoms with Crippen molar-refractivity contribution >= 4 is 44.5 Å². The van der Waals surface area contributed by atoms with Crippen LogP contribution >= 0.6 is 0 Å². The average Bonchev–Trinajstić information content (AvgIpc) is 3.36. The van der Waals surface area contributed by atoms with Crippen LogP contribution in [0, 0.1) is 0 Å². The van der Waals surface area contributed by atoms with Gasteiger partial charge in [-0.2, -0.15) is 4.31 Å². The maximum Gasteiger partial charge on any atom is 0.310 e. The quantitative estimate of drug-likeness (QED) is 0.344. The van der Waals surface area contributed by atoms with E-state index in [0.29, 0.717) is 31.2 Å². The van der Waals surface area contributed by atoms with Gasteiger partial charge in [-0.25, -0.2) is 8.42 Å². The summed E-state index contributed by atoms with van der Waals surface area (Å²) in [7, 11) is -4.04. The molecule has 3 amide bonds. The Morgan fingerprint density at radius 1 is 0.867 bits per heavy atom. The van der Waals surface area contributed by atoms with Gasteiger partial charge in [0.05, 0.1) is 11.3 Å². The zero-order chi connectivity index (χ0) is 31.7. The molecule has 3 saturated heterocycles. The second kappa shape index (κ2) is 12.6. The number of aliphatic hydroxyl groups excluding tert-OH is 1. The van der Waals surface area contributed by atoms with Crippen molar-refractivity contribution in [1.29, 1.82) is 0 Å². The van der Waals surface area contributed by atoms with E-state index >= 15 is 0 Å². The minimum atomic E-state index is -4.04. The molecule has 45 heavy (non-hydrogen) atoms. The number of sulfonamides is 1. The molecule has 13 heteroatoms. The van der Waals surface area contributed by atoms with Crippen molar-refractivity contribution in [2.75, 3.05) is 13.1 Å². The molecule has 6 rings (SSSR count). The number of fused-ring (bicyclic) bond motifs is 2. The largest absolute Gasteiger partial charge is 0.434 e. The Morgan fingerprint density at radius 3 is 2.33 bits per heavy atom. The van der Waals surface area contributed by atoms with Crippen molar-refractivity contribution in [1.82, 2.24) is 19.8 Å². The maximum atomic E-state index is 14.3. The fourth-order valence-corrected chi connectivity index (χ4v) is 7.92. The summed E-state index contributed by atoms with van der Waals surface area (Å²) in [6, 6.07) is 16.6. The van der Waals surface area contributed by atoms with Crippen LogP contribution in [-0.2, 0) is 29.1 Å². The monoisotopic (exact) mass is 634 g/mol. The Hall–Kier alpha value is -4.33. The molecular formula is C32H34N4O8S. The first kappa shape index (κ1) is 30.7. The van der Waals surface area contributed by atoms with E-state index < -0.39 is 64.2 Å². The third-order valence-electron chi connectivity index (χ3n) is 8.69. The normalized spacial score (nSPS) is 26.0. The minimum absolute atomic E-state index is 0.0373. The van der Waals surface area contributed by atoms with E-state index in [0.717, 1.165) is 10.8 Å². The number of cyclic esters (lactones) is 1. The van der Waals surface area contributed by atoms with Gasteiger partial charge in [0.1, 0.15) is 18.1 Å². The number of hydrogen-bond acceptors (Lipinski definition) is 8. The second-order valence-corrected chi connectivity index (χ2v) is 13.5. The molecule has 236 valence electrons. The summed E-state index contributed by atoms with van der Waals surface area (Å²) < 4.78 is 33.4. The molecular weight excluding hydrogens is 600 g/mol. The van der Waals surface area contributed by atoms with Crippen LogP contribution in [0.1, 0.15) is 42.5 Å². The lowest BCUT2D eigenvalue weighted by Crippen LogP contribution is -2.68. The van der Waals surface area contributed by atoms with Crippen molar-refractivity contribution in [3.8, 4) is 0 Å². The molecule has 3 heterocycles. The van der Waals surface area contributed by atoms with Crippen molar-refractivity contribution in [3.63, 3.8) is 0 Å². The van der Waals surface area contributed by atoms with Gasteiger partial charge in [0.15, 0.2) is 0 Å². The Kier molecular flexibility index (Phi) is 8.58. The van der Waals surface area contributed by atoms with Gasteiger partial charge in [-0.3, -0.25) is 19.2 Å². The molecule has 0 spiro atoms. The molecule has 0 aliphatic carbocycles. The van der Waals surface area contributed by atoms with Crippen LogP contribution in [-0.4, -0.2) is 90.0 Å². The average molecular weight is 635 g/mol. The number of hydrogen-bond donors (Lipinski definition) is 3. The highest BCUT2D eigenvalue weighted by Crippen LogP contribution is 2.30. The summed E-state index contributed by atoms with van der Waals surface area (Å²) in [5.41, 5.74) is 0.410. The number of nitrogens with zero attached hydrogens (tertiary/aromatic N) is 2. The number of ether oxygens (including phenoxy) is 1. The van der Waals surface area contributed by atoms with Gasteiger partial charge in [-0.15, -0.1) is 0 Å². The standard InChI is InChI=1S/C32H34N4O8S/c37-28-17-26(32(41)44-28)34-30(39)27-19-35(45(42,43)22-12-2-1-3-13-22)18-21-11-5-7-16-25(31(40)36(21)27)33-29(38)24-15-8-10-20-9-4-6-14-23(20)24/h1-4,6,8-10,12-15,21,25-27,32,41H,5,7,11,16-19H2,(H,33,38)(H,34,39)/t21-,25-,26?,27-,32?/m0/s1. The van der Waals surface area contributed by atoms with Crippen LogP contribution in [0.2, 0.25) is 0 Å². The number of esters is 1. The smallest absolute Gasteiger partial charge is 0.310 e. The molecule has 12 nitrogen and oxygen atoms in total. The maximum absolute atomic E-state index is 14.3. The highest BCUT2D eigenvalue weighted by atomic mass is 32.2. The van der Waals surface area contributed by atoms with Crippen molar-refractivity contribution in [2.45, 2.75) is 67.5 Å². The molecule has 0 bridgehead atoms. The SMILES string of the molecule is O=C1CC(NC(=O)[C@@H]2CN(S(=O)(=O)c3ccccc3)C[C@@H]3CCCC[C@H](NC(=O)c4cccc5ccccc45)C(=O)N32)C(O)O1. The molecule has 3 N–H and O–H groups in total.